The standard InChI is InChI=1S/C6H14N6O2/c7-10-5(13)4-3-9-1-2-12(4)6(14)11-8/h4,9H,1-3,7-8H2,(H,10,13)(H,11,14). The molecular formula is C6H14N6O2. The number of nitrogens with zero attached hydrogens (tertiary/aromatic N) is 1. The first-order valence-corrected chi connectivity index (χ1v) is 4.19. The summed E-state index contributed by atoms with van der Waals surface area (Å²) in [5.74, 6) is 9.56. The van der Waals surface area contributed by atoms with Gasteiger partial charge in [-0.3, -0.25) is 15.6 Å². The summed E-state index contributed by atoms with van der Waals surface area (Å²) in [5, 5.41) is 2.98. The molecular weight excluding hydrogens is 188 g/mol. The fraction of sp³-hybridized carbons (Fsp3) is 0.667. The molecule has 1 unspecified atom stereocenters. The zero-order chi connectivity index (χ0) is 10.6. The second-order valence-corrected chi connectivity index (χ2v) is 2.87. The summed E-state index contributed by atoms with van der Waals surface area (Å²) in [6.45, 7) is 1.42. The molecule has 0 radical (unpaired) electrons. The summed E-state index contributed by atoms with van der Waals surface area (Å²) in [5.41, 5.74) is 3.98. The van der Waals surface area contributed by atoms with E-state index in [0.717, 1.165) is 0 Å². The van der Waals surface area contributed by atoms with Crippen LogP contribution in [0.3, 0.4) is 0 Å². The minimum Gasteiger partial charge on any atom is -0.312 e. The van der Waals surface area contributed by atoms with Crippen molar-refractivity contribution in [1.82, 2.24) is 21.1 Å². The van der Waals surface area contributed by atoms with Crippen molar-refractivity contribution in [2.45, 2.75) is 6.04 Å². The monoisotopic (exact) mass is 202 g/mol. The van der Waals surface area contributed by atoms with E-state index in [1.54, 1.807) is 0 Å². The van der Waals surface area contributed by atoms with Crippen LogP contribution in [0.5, 0.6) is 0 Å². The van der Waals surface area contributed by atoms with Gasteiger partial charge in [-0.1, -0.05) is 0 Å². The molecule has 8 nitrogen and oxygen atoms in total. The van der Waals surface area contributed by atoms with Crippen LogP contribution in [0.15, 0.2) is 0 Å². The van der Waals surface area contributed by atoms with Crippen LogP contribution in [0, 0.1) is 0 Å². The molecule has 1 aliphatic rings. The molecule has 1 fully saturated rings. The third kappa shape index (κ3) is 2.10. The molecule has 1 saturated heterocycles. The van der Waals surface area contributed by atoms with Gasteiger partial charge < -0.3 is 10.2 Å². The van der Waals surface area contributed by atoms with Gasteiger partial charge in [-0.25, -0.2) is 16.5 Å². The van der Waals surface area contributed by atoms with Gasteiger partial charge in [-0.15, -0.1) is 0 Å². The Hall–Kier alpha value is -1.38. The number of rotatable bonds is 1. The van der Waals surface area contributed by atoms with Crippen LogP contribution in [0.2, 0.25) is 0 Å². The van der Waals surface area contributed by atoms with Gasteiger partial charge in [0.2, 0.25) is 0 Å². The summed E-state index contributed by atoms with van der Waals surface area (Å²) < 4.78 is 0. The number of hydrazine groups is 2. The minimum absolute atomic E-state index is 0.371. The SMILES string of the molecule is NNC(=O)C1CNCCN1C(=O)NN. The van der Waals surface area contributed by atoms with Gasteiger partial charge in [0.15, 0.2) is 0 Å². The van der Waals surface area contributed by atoms with Crippen molar-refractivity contribution in [3.63, 3.8) is 0 Å². The molecule has 14 heavy (non-hydrogen) atoms. The lowest BCUT2D eigenvalue weighted by Crippen LogP contribution is -2.62. The normalized spacial score (nSPS) is 21.6. The van der Waals surface area contributed by atoms with Crippen molar-refractivity contribution in [1.29, 1.82) is 0 Å². The number of hydrogen-bond donors (Lipinski definition) is 5. The van der Waals surface area contributed by atoms with Gasteiger partial charge in [0.1, 0.15) is 6.04 Å². The van der Waals surface area contributed by atoms with Gasteiger partial charge in [-0.05, 0) is 0 Å². The predicted octanol–water partition coefficient (Wildman–Crippen LogP) is -3.17. The molecule has 7 N–H and O–H groups in total. The number of carbonyl (C=O) groups is 2. The van der Waals surface area contributed by atoms with Gasteiger partial charge in [0.25, 0.3) is 5.91 Å². The molecule has 0 aromatic carbocycles. The number of nitrogens with two attached hydrogens (primary N) is 2. The number of piperazine rings is 1. The highest BCUT2D eigenvalue weighted by Gasteiger charge is 2.31. The van der Waals surface area contributed by atoms with E-state index in [0.29, 0.717) is 19.6 Å². The summed E-state index contributed by atoms with van der Waals surface area (Å²) in [6, 6.07) is -1.10. The average Bonchev–Trinajstić information content (AvgIpc) is 2.27. The van der Waals surface area contributed by atoms with Crippen LogP contribution in [0.4, 0.5) is 4.79 Å². The molecule has 1 heterocycles. The molecule has 3 amide bonds. The maximum Gasteiger partial charge on any atom is 0.332 e. The maximum absolute atomic E-state index is 11.3. The van der Waals surface area contributed by atoms with Crippen LogP contribution in [0.1, 0.15) is 0 Å². The van der Waals surface area contributed by atoms with Crippen molar-refractivity contribution in [3.05, 3.63) is 0 Å². The minimum atomic E-state index is -0.614. The third-order valence-electron chi connectivity index (χ3n) is 2.07. The van der Waals surface area contributed by atoms with E-state index in [1.165, 1.54) is 4.90 Å². The molecule has 0 saturated carbocycles. The number of hydrogen-bond acceptors (Lipinski definition) is 5. The van der Waals surface area contributed by atoms with E-state index >= 15 is 0 Å². The molecule has 0 aromatic heterocycles. The number of nitrogens with one attached hydrogen (secondary N) is 3. The zero-order valence-electron chi connectivity index (χ0n) is 7.62. The molecule has 0 aliphatic carbocycles. The highest BCUT2D eigenvalue weighted by atomic mass is 16.2. The van der Waals surface area contributed by atoms with E-state index in [4.69, 9.17) is 11.7 Å². The predicted molar refractivity (Wildman–Crippen MR) is 48.4 cm³/mol. The smallest absolute Gasteiger partial charge is 0.312 e. The molecule has 1 atom stereocenters. The van der Waals surface area contributed by atoms with Crippen molar-refractivity contribution >= 4 is 11.9 Å². The van der Waals surface area contributed by atoms with Crippen LogP contribution in [-0.2, 0) is 4.79 Å². The van der Waals surface area contributed by atoms with Gasteiger partial charge in [0.05, 0.1) is 0 Å². The molecule has 80 valence electrons. The van der Waals surface area contributed by atoms with Crippen LogP contribution < -0.4 is 27.9 Å². The fourth-order valence-electron chi connectivity index (χ4n) is 1.36. The van der Waals surface area contributed by atoms with Gasteiger partial charge in [0, 0.05) is 19.6 Å². The largest absolute Gasteiger partial charge is 0.332 e. The van der Waals surface area contributed by atoms with Crippen molar-refractivity contribution < 1.29 is 9.59 Å². The zero-order valence-corrected chi connectivity index (χ0v) is 7.62. The molecule has 1 aliphatic heterocycles. The first kappa shape index (κ1) is 10.7. The molecule has 0 aromatic rings. The van der Waals surface area contributed by atoms with Crippen molar-refractivity contribution in [3.8, 4) is 0 Å². The Bertz CT molecular complexity index is 208. The fourth-order valence-corrected chi connectivity index (χ4v) is 1.36. The average molecular weight is 202 g/mol. The Morgan fingerprint density at radius 1 is 1.36 bits per heavy atom. The van der Waals surface area contributed by atoms with Gasteiger partial charge in [-0.2, -0.15) is 0 Å². The summed E-state index contributed by atoms with van der Waals surface area (Å²) in [7, 11) is 0. The summed E-state index contributed by atoms with van der Waals surface area (Å²) in [6.07, 6.45) is 0. The number of urea groups is 1. The molecule has 0 bridgehead atoms. The summed E-state index contributed by atoms with van der Waals surface area (Å²) in [4.78, 5) is 23.8. The van der Waals surface area contributed by atoms with E-state index in [1.807, 2.05) is 10.9 Å². The Labute approximate surface area is 80.9 Å². The first-order chi connectivity index (χ1) is 6.70. The van der Waals surface area contributed by atoms with Crippen molar-refractivity contribution in [2.24, 2.45) is 11.7 Å². The highest BCUT2D eigenvalue weighted by Crippen LogP contribution is 2.02. The second kappa shape index (κ2) is 4.74. The van der Waals surface area contributed by atoms with Crippen LogP contribution >= 0.6 is 0 Å². The lowest BCUT2D eigenvalue weighted by Gasteiger charge is -2.34. The lowest BCUT2D eigenvalue weighted by atomic mass is 10.2. The second-order valence-electron chi connectivity index (χ2n) is 2.87. The molecule has 0 spiro atoms. The number of carbonyl (C=O) groups excluding carboxylic acids is 2. The van der Waals surface area contributed by atoms with E-state index < -0.39 is 18.0 Å². The number of amides is 3. The Morgan fingerprint density at radius 3 is 2.64 bits per heavy atom. The van der Waals surface area contributed by atoms with E-state index in [2.05, 4.69) is 5.32 Å². The van der Waals surface area contributed by atoms with Crippen LogP contribution in [0.25, 0.3) is 0 Å². The van der Waals surface area contributed by atoms with E-state index in [9.17, 15) is 9.59 Å². The summed E-state index contributed by atoms with van der Waals surface area (Å²) >= 11 is 0. The van der Waals surface area contributed by atoms with Crippen LogP contribution in [-0.4, -0.2) is 42.5 Å². The first-order valence-electron chi connectivity index (χ1n) is 4.19. The topological polar surface area (TPSA) is 126 Å². The third-order valence-corrected chi connectivity index (χ3v) is 2.07. The Balaban J connectivity index is 2.68. The molecule has 8 heteroatoms. The van der Waals surface area contributed by atoms with Gasteiger partial charge >= 0.3 is 6.03 Å². The Kier molecular flexibility index (Phi) is 3.63. The van der Waals surface area contributed by atoms with Crippen molar-refractivity contribution in [2.75, 3.05) is 19.6 Å². The molecule has 1 rings (SSSR count). The highest BCUT2D eigenvalue weighted by molar-refractivity contribution is 5.87. The maximum atomic E-state index is 11.3. The lowest BCUT2D eigenvalue weighted by molar-refractivity contribution is -0.126. The van der Waals surface area contributed by atoms with E-state index in [-0.39, 0.29) is 0 Å². The Morgan fingerprint density at radius 2 is 2.07 bits per heavy atom. The quantitative estimate of drug-likeness (QED) is 0.174.